The van der Waals surface area contributed by atoms with E-state index in [0.29, 0.717) is 6.61 Å². The van der Waals surface area contributed by atoms with Crippen molar-refractivity contribution < 1.29 is 4.84 Å². The van der Waals surface area contributed by atoms with Gasteiger partial charge in [-0.2, -0.15) is 0 Å². The normalized spacial score (nSPS) is 10.9. The average Bonchev–Trinajstić information content (AvgIpc) is 2.64. The molecule has 0 aliphatic rings. The Balaban J connectivity index is 2.14. The second-order valence-electron chi connectivity index (χ2n) is 5.36. The van der Waals surface area contributed by atoms with Crippen LogP contribution in [-0.2, 0) is 0 Å². The fourth-order valence-corrected chi connectivity index (χ4v) is 2.51. The Morgan fingerprint density at radius 3 is 2.12 bits per heavy atom. The van der Waals surface area contributed by atoms with E-state index >= 15 is 0 Å². The van der Waals surface area contributed by atoms with Gasteiger partial charge < -0.3 is 4.84 Å². The fourth-order valence-electron chi connectivity index (χ4n) is 2.51. The summed E-state index contributed by atoms with van der Waals surface area (Å²) in [6.07, 6.45) is 3.76. The number of benzene rings is 2. The zero-order valence-corrected chi connectivity index (χ0v) is 13.6. The van der Waals surface area contributed by atoms with E-state index in [2.05, 4.69) is 0 Å². The molecule has 0 aliphatic carbocycles. The molecule has 0 aliphatic heterocycles. The van der Waals surface area contributed by atoms with Crippen LogP contribution >= 0.6 is 0 Å². The number of allylic oxidation sites excluding steroid dienone is 1. The van der Waals surface area contributed by atoms with Gasteiger partial charge in [0.2, 0.25) is 0 Å². The molecule has 0 bridgehead atoms. The standard InChI is InChI=1S/C21H19NO2/c1-2-3-14-24-22-20(18-12-8-5-9-13-18)15-19(16-21(22)23)17-10-6-4-7-11-17/h2-13,15-16H,14H2,1H3/b3-2-. The van der Waals surface area contributed by atoms with E-state index in [9.17, 15) is 4.79 Å². The van der Waals surface area contributed by atoms with E-state index in [1.807, 2.05) is 85.8 Å². The molecule has 0 atom stereocenters. The Bertz CT molecular complexity index is 881. The van der Waals surface area contributed by atoms with E-state index in [-0.39, 0.29) is 5.56 Å². The molecule has 24 heavy (non-hydrogen) atoms. The maximum Gasteiger partial charge on any atom is 0.284 e. The van der Waals surface area contributed by atoms with Crippen molar-refractivity contribution in [3.05, 3.63) is 95.3 Å². The van der Waals surface area contributed by atoms with Crippen LogP contribution in [0.3, 0.4) is 0 Å². The summed E-state index contributed by atoms with van der Waals surface area (Å²) in [5, 5.41) is 0. The molecule has 2 aromatic carbocycles. The summed E-state index contributed by atoms with van der Waals surface area (Å²) in [4.78, 5) is 18.3. The quantitative estimate of drug-likeness (QED) is 0.661. The molecule has 0 N–H and O–H groups in total. The maximum atomic E-state index is 12.6. The molecule has 0 amide bonds. The number of aromatic nitrogens is 1. The van der Waals surface area contributed by atoms with Gasteiger partial charge in [-0.15, -0.1) is 4.73 Å². The van der Waals surface area contributed by atoms with Crippen molar-refractivity contribution in [2.24, 2.45) is 0 Å². The highest BCUT2D eigenvalue weighted by atomic mass is 16.7. The van der Waals surface area contributed by atoms with Gasteiger partial charge in [0.05, 0.1) is 5.69 Å². The molecule has 0 saturated carbocycles. The summed E-state index contributed by atoms with van der Waals surface area (Å²) < 4.78 is 1.36. The maximum absolute atomic E-state index is 12.6. The Labute approximate surface area is 141 Å². The molecule has 1 aromatic heterocycles. The van der Waals surface area contributed by atoms with E-state index in [4.69, 9.17) is 4.84 Å². The molecule has 3 aromatic rings. The van der Waals surface area contributed by atoms with Gasteiger partial charge in [0.1, 0.15) is 6.61 Å². The minimum absolute atomic E-state index is 0.181. The molecular weight excluding hydrogens is 298 g/mol. The Morgan fingerprint density at radius 1 is 0.875 bits per heavy atom. The van der Waals surface area contributed by atoms with E-state index in [0.717, 1.165) is 22.4 Å². The first-order valence-electron chi connectivity index (χ1n) is 7.92. The second kappa shape index (κ2) is 7.47. The number of nitrogens with zero attached hydrogens (tertiary/aromatic N) is 1. The highest BCUT2D eigenvalue weighted by Gasteiger charge is 2.11. The molecule has 3 heteroatoms. The van der Waals surface area contributed by atoms with Gasteiger partial charge in [0.25, 0.3) is 5.56 Å². The van der Waals surface area contributed by atoms with Crippen molar-refractivity contribution in [1.29, 1.82) is 0 Å². The smallest absolute Gasteiger partial charge is 0.284 e. The van der Waals surface area contributed by atoms with Gasteiger partial charge in [-0.05, 0) is 30.2 Å². The lowest BCUT2D eigenvalue weighted by atomic mass is 10.0. The Morgan fingerprint density at radius 2 is 1.50 bits per heavy atom. The third-order valence-electron chi connectivity index (χ3n) is 3.70. The monoisotopic (exact) mass is 317 g/mol. The zero-order chi connectivity index (χ0) is 16.8. The van der Waals surface area contributed by atoms with Crippen molar-refractivity contribution in [2.45, 2.75) is 6.92 Å². The lowest BCUT2D eigenvalue weighted by Gasteiger charge is -2.14. The van der Waals surface area contributed by atoms with Crippen LogP contribution in [0.5, 0.6) is 0 Å². The van der Waals surface area contributed by atoms with Crippen LogP contribution < -0.4 is 10.4 Å². The van der Waals surface area contributed by atoms with Crippen LogP contribution in [0.1, 0.15) is 6.92 Å². The fraction of sp³-hybridized carbons (Fsp3) is 0.0952. The first-order valence-corrected chi connectivity index (χ1v) is 7.92. The Hall–Kier alpha value is -3.07. The second-order valence-corrected chi connectivity index (χ2v) is 5.36. The van der Waals surface area contributed by atoms with Crippen LogP contribution in [0, 0.1) is 0 Å². The number of hydrogen-bond donors (Lipinski definition) is 0. The van der Waals surface area contributed by atoms with Crippen molar-refractivity contribution in [1.82, 2.24) is 4.73 Å². The summed E-state index contributed by atoms with van der Waals surface area (Å²) in [5.74, 6) is 0. The van der Waals surface area contributed by atoms with Crippen molar-refractivity contribution in [3.8, 4) is 22.4 Å². The summed E-state index contributed by atoms with van der Waals surface area (Å²) in [6.45, 7) is 2.27. The van der Waals surface area contributed by atoms with E-state index in [1.54, 1.807) is 6.07 Å². The first-order chi connectivity index (χ1) is 11.8. The van der Waals surface area contributed by atoms with Crippen LogP contribution in [0.15, 0.2) is 89.7 Å². The lowest BCUT2D eigenvalue weighted by molar-refractivity contribution is 0.130. The Kier molecular flexibility index (Phi) is 4.92. The van der Waals surface area contributed by atoms with Crippen LogP contribution in [0.4, 0.5) is 0 Å². The van der Waals surface area contributed by atoms with Crippen molar-refractivity contribution >= 4 is 0 Å². The number of rotatable bonds is 5. The van der Waals surface area contributed by atoms with Gasteiger partial charge in [0, 0.05) is 11.6 Å². The SMILES string of the molecule is C/C=C\COn1c(-c2ccccc2)cc(-c2ccccc2)cc1=O. The van der Waals surface area contributed by atoms with Crippen LogP contribution in [0.2, 0.25) is 0 Å². The summed E-state index contributed by atoms with van der Waals surface area (Å²) in [5.41, 5.74) is 3.39. The topological polar surface area (TPSA) is 31.2 Å². The molecule has 120 valence electrons. The molecule has 0 fully saturated rings. The third kappa shape index (κ3) is 3.46. The average molecular weight is 317 g/mol. The van der Waals surface area contributed by atoms with Crippen molar-refractivity contribution in [2.75, 3.05) is 6.61 Å². The lowest BCUT2D eigenvalue weighted by Crippen LogP contribution is -2.28. The molecular formula is C21H19NO2. The van der Waals surface area contributed by atoms with Gasteiger partial charge in [-0.1, -0.05) is 66.7 Å². The van der Waals surface area contributed by atoms with Crippen LogP contribution in [-0.4, -0.2) is 11.3 Å². The van der Waals surface area contributed by atoms with E-state index < -0.39 is 0 Å². The highest BCUT2D eigenvalue weighted by Crippen LogP contribution is 2.24. The number of hydrogen-bond acceptors (Lipinski definition) is 2. The highest BCUT2D eigenvalue weighted by molar-refractivity contribution is 5.70. The van der Waals surface area contributed by atoms with Gasteiger partial charge in [-0.25, -0.2) is 0 Å². The predicted octanol–water partition coefficient (Wildman–Crippen LogP) is 4.19. The predicted molar refractivity (Wildman–Crippen MR) is 97.8 cm³/mol. The first kappa shape index (κ1) is 15.8. The van der Waals surface area contributed by atoms with Crippen LogP contribution in [0.25, 0.3) is 22.4 Å². The molecule has 3 rings (SSSR count). The summed E-state index contributed by atoms with van der Waals surface area (Å²) in [6, 6.07) is 23.3. The molecule has 0 unspecified atom stereocenters. The van der Waals surface area contributed by atoms with E-state index in [1.165, 1.54) is 4.73 Å². The molecule has 1 heterocycles. The molecule has 0 saturated heterocycles. The van der Waals surface area contributed by atoms with Gasteiger partial charge in [0.15, 0.2) is 0 Å². The number of pyridine rings is 1. The van der Waals surface area contributed by atoms with Crippen molar-refractivity contribution in [3.63, 3.8) is 0 Å². The molecule has 3 nitrogen and oxygen atoms in total. The minimum atomic E-state index is -0.181. The molecule has 0 radical (unpaired) electrons. The zero-order valence-electron chi connectivity index (χ0n) is 13.6. The third-order valence-corrected chi connectivity index (χ3v) is 3.70. The van der Waals surface area contributed by atoms with Gasteiger partial charge in [-0.3, -0.25) is 4.79 Å². The summed E-state index contributed by atoms with van der Waals surface area (Å²) >= 11 is 0. The molecule has 0 spiro atoms. The van der Waals surface area contributed by atoms with Gasteiger partial charge >= 0.3 is 0 Å². The largest absolute Gasteiger partial charge is 0.406 e. The minimum Gasteiger partial charge on any atom is -0.406 e. The summed E-state index contributed by atoms with van der Waals surface area (Å²) in [7, 11) is 0.